The minimum Gasteiger partial charge on any atom is -0.469 e. The van der Waals surface area contributed by atoms with Crippen molar-refractivity contribution in [3.05, 3.63) is 24.4 Å². The third kappa shape index (κ3) is 2.22. The van der Waals surface area contributed by atoms with Gasteiger partial charge in [-0.15, -0.1) is 0 Å². The molecular weight excluding hydrogens is 234 g/mol. The van der Waals surface area contributed by atoms with Crippen molar-refractivity contribution in [2.75, 3.05) is 12.1 Å². The van der Waals surface area contributed by atoms with Crippen molar-refractivity contribution in [2.45, 2.75) is 13.3 Å². The molecule has 0 radical (unpaired) electrons. The Labute approximate surface area is 104 Å². The van der Waals surface area contributed by atoms with Crippen LogP contribution in [-0.4, -0.2) is 29.7 Å². The van der Waals surface area contributed by atoms with Gasteiger partial charge in [0.05, 0.1) is 19.4 Å². The smallest absolute Gasteiger partial charge is 0.306 e. The summed E-state index contributed by atoms with van der Waals surface area (Å²) in [5.41, 5.74) is 0.594. The molecule has 94 valence electrons. The van der Waals surface area contributed by atoms with E-state index in [1.165, 1.54) is 12.1 Å². The molecule has 0 saturated heterocycles. The van der Waals surface area contributed by atoms with Crippen molar-refractivity contribution < 1.29 is 14.3 Å². The number of rotatable bonds is 3. The Morgan fingerprint density at radius 3 is 2.89 bits per heavy atom. The first-order valence-electron chi connectivity index (χ1n) is 5.50. The molecule has 1 amide bonds. The predicted molar refractivity (Wildman–Crippen MR) is 65.0 cm³/mol. The predicted octanol–water partition coefficient (Wildman–Crippen LogP) is 0.983. The number of hydrazone groups is 1. The van der Waals surface area contributed by atoms with E-state index >= 15 is 0 Å². The fourth-order valence-corrected chi connectivity index (χ4v) is 1.73. The van der Waals surface area contributed by atoms with Crippen LogP contribution in [0, 0.1) is 5.92 Å². The van der Waals surface area contributed by atoms with Gasteiger partial charge in [-0.2, -0.15) is 10.1 Å². The average Bonchev–Trinajstić information content (AvgIpc) is 2.67. The number of hydrogen-bond acceptors (Lipinski definition) is 5. The fourth-order valence-electron chi connectivity index (χ4n) is 1.73. The van der Waals surface area contributed by atoms with Gasteiger partial charge in [-0.1, -0.05) is 6.07 Å². The molecular formula is C12H13N3O3. The van der Waals surface area contributed by atoms with Gasteiger partial charge >= 0.3 is 5.97 Å². The topological polar surface area (TPSA) is 71.9 Å². The summed E-state index contributed by atoms with van der Waals surface area (Å²) in [6.07, 6.45) is 1.59. The van der Waals surface area contributed by atoms with E-state index in [9.17, 15) is 9.59 Å². The molecule has 6 heteroatoms. The summed E-state index contributed by atoms with van der Waals surface area (Å²) >= 11 is 0. The minimum absolute atomic E-state index is 0.00794. The lowest BCUT2D eigenvalue weighted by Crippen LogP contribution is -2.29. The van der Waals surface area contributed by atoms with Gasteiger partial charge in [0.1, 0.15) is 0 Å². The SMILES string of the molecule is COC(=O)CC1C(=O)N(c2ccccn2)N=C1C. The first-order chi connectivity index (χ1) is 8.63. The Morgan fingerprint density at radius 1 is 1.50 bits per heavy atom. The molecule has 1 unspecified atom stereocenters. The van der Waals surface area contributed by atoms with Crippen molar-refractivity contribution in [3.8, 4) is 0 Å². The molecule has 0 saturated carbocycles. The highest BCUT2D eigenvalue weighted by Crippen LogP contribution is 2.23. The summed E-state index contributed by atoms with van der Waals surface area (Å²) in [6, 6.07) is 5.22. The molecule has 1 atom stereocenters. The van der Waals surface area contributed by atoms with Crippen molar-refractivity contribution in [3.63, 3.8) is 0 Å². The van der Waals surface area contributed by atoms with Crippen molar-refractivity contribution >= 4 is 23.4 Å². The fraction of sp³-hybridized carbons (Fsp3) is 0.333. The Morgan fingerprint density at radius 2 is 2.28 bits per heavy atom. The lowest BCUT2D eigenvalue weighted by Gasteiger charge is -2.12. The number of carbonyl (C=O) groups excluding carboxylic acids is 2. The molecule has 0 aromatic carbocycles. The molecule has 2 heterocycles. The summed E-state index contributed by atoms with van der Waals surface area (Å²) in [6.45, 7) is 1.72. The van der Waals surface area contributed by atoms with Gasteiger partial charge in [0.15, 0.2) is 5.82 Å². The van der Waals surface area contributed by atoms with Crippen LogP contribution in [0.25, 0.3) is 0 Å². The second-order valence-corrected chi connectivity index (χ2v) is 3.91. The van der Waals surface area contributed by atoms with E-state index in [1.54, 1.807) is 31.3 Å². The van der Waals surface area contributed by atoms with E-state index < -0.39 is 11.9 Å². The zero-order valence-electron chi connectivity index (χ0n) is 10.2. The Balaban J connectivity index is 2.19. The molecule has 6 nitrogen and oxygen atoms in total. The second kappa shape index (κ2) is 4.95. The summed E-state index contributed by atoms with van der Waals surface area (Å²) in [5, 5.41) is 5.36. The maximum absolute atomic E-state index is 12.1. The molecule has 1 aromatic heterocycles. The maximum Gasteiger partial charge on any atom is 0.306 e. The Bertz CT molecular complexity index is 499. The average molecular weight is 247 g/mol. The molecule has 1 aliphatic rings. The van der Waals surface area contributed by atoms with Gasteiger partial charge in [-0.3, -0.25) is 9.59 Å². The standard InChI is InChI=1S/C12H13N3O3/c1-8-9(7-11(16)18-2)12(17)15(14-8)10-5-3-4-6-13-10/h3-6,9H,7H2,1-2H3. The van der Waals surface area contributed by atoms with E-state index in [1.807, 2.05) is 0 Å². The van der Waals surface area contributed by atoms with Gasteiger partial charge in [-0.25, -0.2) is 4.98 Å². The third-order valence-corrected chi connectivity index (χ3v) is 2.73. The van der Waals surface area contributed by atoms with E-state index in [0.29, 0.717) is 11.5 Å². The molecule has 0 N–H and O–H groups in total. The van der Waals surface area contributed by atoms with E-state index in [2.05, 4.69) is 14.8 Å². The van der Waals surface area contributed by atoms with Crippen LogP contribution in [0.1, 0.15) is 13.3 Å². The number of nitrogens with zero attached hydrogens (tertiary/aromatic N) is 3. The van der Waals surface area contributed by atoms with Gasteiger partial charge in [-0.05, 0) is 19.1 Å². The lowest BCUT2D eigenvalue weighted by molar-refractivity contribution is -0.142. The number of esters is 1. The molecule has 0 bridgehead atoms. The Kier molecular flexibility index (Phi) is 3.36. The van der Waals surface area contributed by atoms with Crippen LogP contribution < -0.4 is 5.01 Å². The summed E-state index contributed by atoms with van der Waals surface area (Å²) in [7, 11) is 1.30. The summed E-state index contributed by atoms with van der Waals surface area (Å²) in [4.78, 5) is 27.4. The van der Waals surface area contributed by atoms with Crippen molar-refractivity contribution in [2.24, 2.45) is 11.0 Å². The highest BCUT2D eigenvalue weighted by atomic mass is 16.5. The summed E-state index contributed by atoms with van der Waals surface area (Å²) in [5.74, 6) is -0.781. The number of pyridine rings is 1. The number of hydrogen-bond donors (Lipinski definition) is 0. The van der Waals surface area contributed by atoms with Crippen LogP contribution in [0.4, 0.5) is 5.82 Å². The van der Waals surface area contributed by atoms with E-state index in [-0.39, 0.29) is 12.3 Å². The zero-order valence-corrected chi connectivity index (χ0v) is 10.2. The Hall–Kier alpha value is -2.24. The minimum atomic E-state index is -0.556. The molecule has 1 aromatic rings. The van der Waals surface area contributed by atoms with Crippen molar-refractivity contribution in [1.82, 2.24) is 4.98 Å². The largest absolute Gasteiger partial charge is 0.469 e. The van der Waals surface area contributed by atoms with Crippen LogP contribution in [0.5, 0.6) is 0 Å². The number of ether oxygens (including phenoxy) is 1. The first-order valence-corrected chi connectivity index (χ1v) is 5.50. The maximum atomic E-state index is 12.1. The van der Waals surface area contributed by atoms with Crippen molar-refractivity contribution in [1.29, 1.82) is 0 Å². The number of amides is 1. The molecule has 0 fully saturated rings. The van der Waals surface area contributed by atoms with Crippen LogP contribution in [0.15, 0.2) is 29.5 Å². The number of anilines is 1. The molecule has 0 aliphatic carbocycles. The lowest BCUT2D eigenvalue weighted by atomic mass is 10.0. The van der Waals surface area contributed by atoms with E-state index in [0.717, 1.165) is 0 Å². The van der Waals surface area contributed by atoms with Crippen LogP contribution in [0.3, 0.4) is 0 Å². The highest BCUT2D eigenvalue weighted by molar-refractivity contribution is 6.15. The van der Waals surface area contributed by atoms with Gasteiger partial charge in [0.25, 0.3) is 5.91 Å². The normalized spacial score (nSPS) is 18.8. The highest BCUT2D eigenvalue weighted by Gasteiger charge is 2.36. The number of methoxy groups -OCH3 is 1. The quantitative estimate of drug-likeness (QED) is 0.746. The second-order valence-electron chi connectivity index (χ2n) is 3.91. The monoisotopic (exact) mass is 247 g/mol. The molecule has 18 heavy (non-hydrogen) atoms. The molecule has 0 spiro atoms. The third-order valence-electron chi connectivity index (χ3n) is 2.73. The van der Waals surface area contributed by atoms with Crippen LogP contribution in [0.2, 0.25) is 0 Å². The molecule has 2 rings (SSSR count). The zero-order chi connectivity index (χ0) is 13.1. The van der Waals surface area contributed by atoms with Crippen LogP contribution >= 0.6 is 0 Å². The van der Waals surface area contributed by atoms with Gasteiger partial charge in [0.2, 0.25) is 0 Å². The number of carbonyl (C=O) groups is 2. The van der Waals surface area contributed by atoms with Crippen LogP contribution in [-0.2, 0) is 14.3 Å². The first kappa shape index (κ1) is 12.2. The molecule has 1 aliphatic heterocycles. The summed E-state index contributed by atoms with van der Waals surface area (Å²) < 4.78 is 4.57. The number of aromatic nitrogens is 1. The van der Waals surface area contributed by atoms with Gasteiger partial charge < -0.3 is 4.74 Å². The van der Waals surface area contributed by atoms with E-state index in [4.69, 9.17) is 0 Å². The van der Waals surface area contributed by atoms with Gasteiger partial charge in [0, 0.05) is 11.9 Å².